The smallest absolute Gasteiger partial charge is 0.339 e. The molecule has 0 unspecified atom stereocenters. The number of methoxy groups -OCH3 is 1. The lowest BCUT2D eigenvalue weighted by Gasteiger charge is -2.12. The van der Waals surface area contributed by atoms with Crippen LogP contribution in [0.25, 0.3) is 6.08 Å². The first kappa shape index (κ1) is 30.3. The molecule has 0 saturated carbocycles. The highest BCUT2D eigenvalue weighted by molar-refractivity contribution is 9.10. The fourth-order valence-electron chi connectivity index (χ4n) is 3.75. The summed E-state index contributed by atoms with van der Waals surface area (Å²) in [4.78, 5) is 51.3. The SMILES string of the molecule is COC(=O)c1ccccc1NC(=O)CSc1ccc(NC(=O)/C(=C/c2cccc(Br)c2)NC(=O)c2ccccc2)cc1. The molecule has 0 aliphatic carbocycles. The van der Waals surface area contributed by atoms with Gasteiger partial charge in [0.1, 0.15) is 5.70 Å². The van der Waals surface area contributed by atoms with Gasteiger partial charge in [0.05, 0.1) is 24.1 Å². The number of carbonyl (C=O) groups excluding carboxylic acids is 4. The van der Waals surface area contributed by atoms with Crippen molar-refractivity contribution in [2.45, 2.75) is 4.90 Å². The van der Waals surface area contributed by atoms with Crippen molar-refractivity contribution >= 4 is 68.8 Å². The summed E-state index contributed by atoms with van der Waals surface area (Å²) in [5, 5.41) is 8.27. The second kappa shape index (κ2) is 14.8. The molecule has 4 aromatic carbocycles. The fourth-order valence-corrected chi connectivity index (χ4v) is 4.87. The average Bonchev–Trinajstić information content (AvgIpc) is 3.00. The molecule has 4 rings (SSSR count). The molecule has 212 valence electrons. The van der Waals surface area contributed by atoms with Gasteiger partial charge in [-0.05, 0) is 72.3 Å². The van der Waals surface area contributed by atoms with Gasteiger partial charge < -0.3 is 20.7 Å². The Bertz CT molecular complexity index is 1620. The van der Waals surface area contributed by atoms with Gasteiger partial charge in [-0.3, -0.25) is 14.4 Å². The maximum Gasteiger partial charge on any atom is 0.339 e. The van der Waals surface area contributed by atoms with E-state index in [1.807, 2.05) is 24.3 Å². The number of carbonyl (C=O) groups is 4. The Morgan fingerprint density at radius 2 is 1.55 bits per heavy atom. The molecule has 42 heavy (non-hydrogen) atoms. The van der Waals surface area contributed by atoms with Gasteiger partial charge in [0.2, 0.25) is 5.91 Å². The zero-order valence-electron chi connectivity index (χ0n) is 22.4. The van der Waals surface area contributed by atoms with Gasteiger partial charge in [0.15, 0.2) is 0 Å². The van der Waals surface area contributed by atoms with Gasteiger partial charge in [-0.15, -0.1) is 11.8 Å². The number of ether oxygens (including phenoxy) is 1. The van der Waals surface area contributed by atoms with Crippen molar-refractivity contribution in [2.24, 2.45) is 0 Å². The normalized spacial score (nSPS) is 10.9. The summed E-state index contributed by atoms with van der Waals surface area (Å²) in [5.41, 5.74) is 2.37. The van der Waals surface area contributed by atoms with E-state index < -0.39 is 17.8 Å². The first-order valence-electron chi connectivity index (χ1n) is 12.7. The van der Waals surface area contributed by atoms with Crippen molar-refractivity contribution in [2.75, 3.05) is 23.5 Å². The van der Waals surface area contributed by atoms with Gasteiger partial charge in [-0.1, -0.05) is 58.4 Å². The summed E-state index contributed by atoms with van der Waals surface area (Å²) in [6, 6.07) is 29.6. The van der Waals surface area contributed by atoms with E-state index in [-0.39, 0.29) is 22.9 Å². The first-order valence-corrected chi connectivity index (χ1v) is 14.5. The highest BCUT2D eigenvalue weighted by Gasteiger charge is 2.16. The van der Waals surface area contributed by atoms with Crippen LogP contribution in [0.2, 0.25) is 0 Å². The number of rotatable bonds is 10. The van der Waals surface area contributed by atoms with Crippen LogP contribution in [0.1, 0.15) is 26.3 Å². The number of hydrogen-bond acceptors (Lipinski definition) is 6. The van der Waals surface area contributed by atoms with Crippen LogP contribution in [-0.4, -0.2) is 36.6 Å². The van der Waals surface area contributed by atoms with Gasteiger partial charge in [0, 0.05) is 20.6 Å². The molecule has 0 fully saturated rings. The molecule has 0 spiro atoms. The standard InChI is InChI=1S/C32H26BrN3O5S/c1-41-32(40)26-12-5-6-13-27(26)35-29(37)20-42-25-16-14-24(15-17-25)34-31(39)28(19-21-8-7-11-23(33)18-21)36-30(38)22-9-3-2-4-10-22/h2-19H,20H2,1H3,(H,34,39)(H,35,37)(H,36,38)/b28-19-. The molecule has 8 nitrogen and oxygen atoms in total. The van der Waals surface area contributed by atoms with Crippen molar-refractivity contribution in [1.82, 2.24) is 5.32 Å². The molecule has 3 N–H and O–H groups in total. The van der Waals surface area contributed by atoms with E-state index >= 15 is 0 Å². The van der Waals surface area contributed by atoms with E-state index in [0.717, 1.165) is 14.9 Å². The first-order chi connectivity index (χ1) is 20.3. The molecule has 0 aliphatic heterocycles. The fraction of sp³-hybridized carbons (Fsp3) is 0.0625. The van der Waals surface area contributed by atoms with Crippen LogP contribution in [0, 0.1) is 0 Å². The van der Waals surface area contributed by atoms with E-state index in [9.17, 15) is 19.2 Å². The minimum Gasteiger partial charge on any atom is -0.465 e. The van der Waals surface area contributed by atoms with Gasteiger partial charge >= 0.3 is 5.97 Å². The summed E-state index contributed by atoms with van der Waals surface area (Å²) in [7, 11) is 1.28. The van der Waals surface area contributed by atoms with Crippen molar-refractivity contribution in [1.29, 1.82) is 0 Å². The summed E-state index contributed by atoms with van der Waals surface area (Å²) in [6.45, 7) is 0. The van der Waals surface area contributed by atoms with Crippen LogP contribution in [0.15, 0.2) is 118 Å². The topological polar surface area (TPSA) is 114 Å². The summed E-state index contributed by atoms with van der Waals surface area (Å²) >= 11 is 4.72. The maximum absolute atomic E-state index is 13.2. The minimum atomic E-state index is -0.537. The van der Waals surface area contributed by atoms with Gasteiger partial charge in [-0.25, -0.2) is 4.79 Å². The number of nitrogens with one attached hydrogen (secondary N) is 3. The van der Waals surface area contributed by atoms with Crippen LogP contribution < -0.4 is 16.0 Å². The quantitative estimate of drug-likeness (QED) is 0.105. The molecule has 10 heteroatoms. The van der Waals surface area contributed by atoms with Crippen molar-refractivity contribution in [3.63, 3.8) is 0 Å². The van der Waals surface area contributed by atoms with E-state index in [0.29, 0.717) is 16.9 Å². The van der Waals surface area contributed by atoms with E-state index in [1.165, 1.54) is 18.9 Å². The van der Waals surface area contributed by atoms with E-state index in [2.05, 4.69) is 31.9 Å². The molecule has 0 heterocycles. The number of amides is 3. The van der Waals surface area contributed by atoms with Gasteiger partial charge in [-0.2, -0.15) is 0 Å². The monoisotopic (exact) mass is 643 g/mol. The van der Waals surface area contributed by atoms with Gasteiger partial charge in [0.25, 0.3) is 11.8 Å². The van der Waals surface area contributed by atoms with E-state index in [1.54, 1.807) is 84.9 Å². The second-order valence-corrected chi connectivity index (χ2v) is 10.8. The summed E-state index contributed by atoms with van der Waals surface area (Å²) in [6.07, 6.45) is 1.60. The Morgan fingerprint density at radius 1 is 0.833 bits per heavy atom. The number of esters is 1. The number of hydrogen-bond donors (Lipinski definition) is 3. The number of para-hydroxylation sites is 1. The largest absolute Gasteiger partial charge is 0.465 e. The van der Waals surface area contributed by atoms with Crippen LogP contribution >= 0.6 is 27.7 Å². The molecule has 3 amide bonds. The lowest BCUT2D eigenvalue weighted by molar-refractivity contribution is -0.114. The highest BCUT2D eigenvalue weighted by Crippen LogP contribution is 2.22. The van der Waals surface area contributed by atoms with Crippen molar-refractivity contribution < 1.29 is 23.9 Å². The number of anilines is 2. The molecule has 4 aromatic rings. The number of thioether (sulfide) groups is 1. The second-order valence-electron chi connectivity index (χ2n) is 8.79. The Morgan fingerprint density at radius 3 is 2.26 bits per heavy atom. The highest BCUT2D eigenvalue weighted by atomic mass is 79.9. The Kier molecular flexibility index (Phi) is 10.7. The summed E-state index contributed by atoms with van der Waals surface area (Å²) < 4.78 is 5.60. The van der Waals surface area contributed by atoms with Crippen LogP contribution in [0.5, 0.6) is 0 Å². The molecule has 0 radical (unpaired) electrons. The number of benzene rings is 4. The third-order valence-corrected chi connectivity index (χ3v) is 7.28. The molecule has 0 saturated heterocycles. The van der Waals surface area contributed by atoms with Crippen LogP contribution in [0.4, 0.5) is 11.4 Å². The molecule has 0 atom stereocenters. The zero-order valence-corrected chi connectivity index (χ0v) is 24.8. The Labute approximate surface area is 255 Å². The lowest BCUT2D eigenvalue weighted by atomic mass is 10.1. The van der Waals surface area contributed by atoms with Crippen LogP contribution in [-0.2, 0) is 14.3 Å². The van der Waals surface area contributed by atoms with Crippen molar-refractivity contribution in [3.8, 4) is 0 Å². The minimum absolute atomic E-state index is 0.0734. The third kappa shape index (κ3) is 8.66. The van der Waals surface area contributed by atoms with Crippen molar-refractivity contribution in [3.05, 3.63) is 130 Å². The Balaban J connectivity index is 1.40. The lowest BCUT2D eigenvalue weighted by Crippen LogP contribution is -2.30. The predicted octanol–water partition coefficient (Wildman–Crippen LogP) is 6.38. The Hall–Kier alpha value is -4.67. The summed E-state index contributed by atoms with van der Waals surface area (Å²) in [5.74, 6) is -1.63. The molecular weight excluding hydrogens is 618 g/mol. The molecule has 0 aliphatic rings. The zero-order chi connectivity index (χ0) is 29.9. The average molecular weight is 645 g/mol. The third-order valence-electron chi connectivity index (χ3n) is 5.78. The molecular formula is C32H26BrN3O5S. The van der Waals surface area contributed by atoms with E-state index in [4.69, 9.17) is 4.74 Å². The van der Waals surface area contributed by atoms with Crippen LogP contribution in [0.3, 0.4) is 0 Å². The molecule has 0 bridgehead atoms. The predicted molar refractivity (Wildman–Crippen MR) is 168 cm³/mol. The maximum atomic E-state index is 13.2. The molecule has 0 aromatic heterocycles. The number of halogens is 1.